The molecule has 0 N–H and O–H groups in total. The fourth-order valence-corrected chi connectivity index (χ4v) is 4.64. The number of pyridine rings is 1. The molecule has 4 heteroatoms. The van der Waals surface area contributed by atoms with Crippen LogP contribution in [0.3, 0.4) is 0 Å². The zero-order valence-corrected chi connectivity index (χ0v) is 18.6. The van der Waals surface area contributed by atoms with Crippen LogP contribution in [0.2, 0.25) is 0 Å². The first-order chi connectivity index (χ1) is 15.5. The maximum atomic E-state index is 6.39. The molecule has 32 heavy (non-hydrogen) atoms. The molecule has 4 nitrogen and oxygen atoms in total. The van der Waals surface area contributed by atoms with Crippen LogP contribution in [0.1, 0.15) is 26.3 Å². The Kier molecular flexibility index (Phi) is 3.91. The number of rotatable bonds is 2. The van der Waals surface area contributed by atoms with Crippen LogP contribution in [0.25, 0.3) is 49.6 Å². The van der Waals surface area contributed by atoms with Gasteiger partial charge in [-0.15, -0.1) is 0 Å². The summed E-state index contributed by atoms with van der Waals surface area (Å²) in [5.74, 6) is 1.70. The number of fused-ring (bicyclic) bond motifs is 7. The number of para-hydroxylation sites is 1. The highest BCUT2D eigenvalue weighted by Crippen LogP contribution is 2.41. The summed E-state index contributed by atoms with van der Waals surface area (Å²) in [5, 5.41) is 4.47. The highest BCUT2D eigenvalue weighted by molar-refractivity contribution is 6.23. The predicted octanol–water partition coefficient (Wildman–Crippen LogP) is 7.38. The van der Waals surface area contributed by atoms with Gasteiger partial charge in [-0.2, -0.15) is 0 Å². The van der Waals surface area contributed by atoms with Crippen LogP contribution >= 0.6 is 0 Å². The zero-order chi connectivity index (χ0) is 22.0. The molecule has 0 bridgehead atoms. The van der Waals surface area contributed by atoms with Gasteiger partial charge in [0.1, 0.15) is 22.7 Å². The Bertz CT molecular complexity index is 1650. The SMILES string of the molecule is COc1ccc2c3c4oc5ccccc5c4ccc3n(-c3cc(C(C)(C)C)ccn3)c2c1. The average Bonchev–Trinajstić information content (AvgIpc) is 3.33. The minimum Gasteiger partial charge on any atom is -0.497 e. The number of hydrogen-bond acceptors (Lipinski definition) is 3. The second-order valence-electron chi connectivity index (χ2n) is 9.31. The molecule has 0 saturated carbocycles. The van der Waals surface area contributed by atoms with Gasteiger partial charge in [-0.1, -0.05) is 39.0 Å². The molecular weight excluding hydrogens is 396 g/mol. The van der Waals surface area contributed by atoms with Gasteiger partial charge in [0.05, 0.1) is 23.5 Å². The van der Waals surface area contributed by atoms with Gasteiger partial charge in [-0.25, -0.2) is 4.98 Å². The number of hydrogen-bond donors (Lipinski definition) is 0. The molecule has 0 spiro atoms. The fraction of sp³-hybridized carbons (Fsp3) is 0.179. The topological polar surface area (TPSA) is 40.2 Å². The Hall–Kier alpha value is -3.79. The van der Waals surface area contributed by atoms with Gasteiger partial charge in [-0.05, 0) is 53.4 Å². The molecule has 0 aliphatic carbocycles. The average molecular weight is 421 g/mol. The Morgan fingerprint density at radius 1 is 0.844 bits per heavy atom. The van der Waals surface area contributed by atoms with Crippen LogP contribution in [0.4, 0.5) is 0 Å². The highest BCUT2D eigenvalue weighted by Gasteiger charge is 2.21. The number of aromatic nitrogens is 2. The summed E-state index contributed by atoms with van der Waals surface area (Å²) in [6.07, 6.45) is 1.90. The van der Waals surface area contributed by atoms with Crippen molar-refractivity contribution in [3.8, 4) is 11.6 Å². The molecular formula is C28H24N2O2. The molecule has 0 atom stereocenters. The van der Waals surface area contributed by atoms with E-state index < -0.39 is 0 Å². The first-order valence-corrected chi connectivity index (χ1v) is 10.8. The first-order valence-electron chi connectivity index (χ1n) is 10.8. The fourth-order valence-electron chi connectivity index (χ4n) is 4.64. The summed E-state index contributed by atoms with van der Waals surface area (Å²) in [4.78, 5) is 4.77. The summed E-state index contributed by atoms with van der Waals surface area (Å²) in [7, 11) is 1.70. The molecule has 3 heterocycles. The minimum absolute atomic E-state index is 0.0279. The summed E-state index contributed by atoms with van der Waals surface area (Å²) in [5.41, 5.74) is 5.19. The quantitative estimate of drug-likeness (QED) is 0.293. The van der Waals surface area contributed by atoms with Crippen molar-refractivity contribution in [2.45, 2.75) is 26.2 Å². The second-order valence-corrected chi connectivity index (χ2v) is 9.31. The van der Waals surface area contributed by atoms with Crippen molar-refractivity contribution in [2.24, 2.45) is 0 Å². The number of nitrogens with zero attached hydrogens (tertiary/aromatic N) is 2. The standard InChI is InChI=1S/C28H24N2O2/c1-28(2,3)17-13-14-29-25(15-17)30-22-12-11-20-19-7-5-6-8-24(19)32-27(20)26(22)21-10-9-18(31-4)16-23(21)30/h5-16H,1-4H3. The van der Waals surface area contributed by atoms with Gasteiger partial charge in [0.2, 0.25) is 0 Å². The smallest absolute Gasteiger partial charge is 0.145 e. The summed E-state index contributed by atoms with van der Waals surface area (Å²) in [6.45, 7) is 6.66. The van der Waals surface area contributed by atoms with Gasteiger partial charge < -0.3 is 9.15 Å². The third-order valence-electron chi connectivity index (χ3n) is 6.32. The molecule has 3 aromatic heterocycles. The number of benzene rings is 3. The van der Waals surface area contributed by atoms with Crippen molar-refractivity contribution in [3.05, 3.63) is 78.5 Å². The van der Waals surface area contributed by atoms with Crippen molar-refractivity contribution >= 4 is 43.7 Å². The lowest BCUT2D eigenvalue weighted by atomic mass is 9.88. The largest absolute Gasteiger partial charge is 0.497 e. The van der Waals surface area contributed by atoms with E-state index in [0.29, 0.717) is 0 Å². The molecule has 6 rings (SSSR count). The van der Waals surface area contributed by atoms with Crippen LogP contribution in [-0.4, -0.2) is 16.7 Å². The minimum atomic E-state index is 0.0279. The Morgan fingerprint density at radius 3 is 2.47 bits per heavy atom. The van der Waals surface area contributed by atoms with E-state index in [4.69, 9.17) is 14.1 Å². The van der Waals surface area contributed by atoms with Crippen LogP contribution in [0, 0.1) is 0 Å². The van der Waals surface area contributed by atoms with E-state index in [0.717, 1.165) is 55.3 Å². The molecule has 0 aliphatic rings. The number of furan rings is 1. The second kappa shape index (κ2) is 6.60. The predicted molar refractivity (Wildman–Crippen MR) is 131 cm³/mol. The Balaban J connectivity index is 1.79. The monoisotopic (exact) mass is 420 g/mol. The lowest BCUT2D eigenvalue weighted by molar-refractivity contribution is 0.415. The van der Waals surface area contributed by atoms with E-state index in [9.17, 15) is 0 Å². The summed E-state index contributed by atoms with van der Waals surface area (Å²) in [6, 6.07) is 23.0. The lowest BCUT2D eigenvalue weighted by Gasteiger charge is -2.20. The van der Waals surface area contributed by atoms with Crippen LogP contribution in [-0.2, 0) is 5.41 Å². The normalized spacial score (nSPS) is 12.4. The van der Waals surface area contributed by atoms with Crippen molar-refractivity contribution in [2.75, 3.05) is 7.11 Å². The molecule has 0 fully saturated rings. The molecule has 158 valence electrons. The third kappa shape index (κ3) is 2.65. The van der Waals surface area contributed by atoms with Crippen LogP contribution in [0.5, 0.6) is 5.75 Å². The van der Waals surface area contributed by atoms with Crippen molar-refractivity contribution in [3.63, 3.8) is 0 Å². The van der Waals surface area contributed by atoms with Gasteiger partial charge in [0.25, 0.3) is 0 Å². The maximum absolute atomic E-state index is 6.39. The Morgan fingerprint density at radius 2 is 1.66 bits per heavy atom. The number of methoxy groups -OCH3 is 1. The van der Waals surface area contributed by atoms with Gasteiger partial charge in [0.15, 0.2) is 0 Å². The van der Waals surface area contributed by atoms with Gasteiger partial charge >= 0.3 is 0 Å². The molecule has 0 saturated heterocycles. The van der Waals surface area contributed by atoms with Crippen molar-refractivity contribution in [1.82, 2.24) is 9.55 Å². The van der Waals surface area contributed by atoms with Crippen molar-refractivity contribution in [1.29, 1.82) is 0 Å². The van der Waals surface area contributed by atoms with Crippen LogP contribution < -0.4 is 4.74 Å². The summed E-state index contributed by atoms with van der Waals surface area (Å²) >= 11 is 0. The molecule has 0 aliphatic heterocycles. The lowest BCUT2D eigenvalue weighted by Crippen LogP contribution is -2.12. The highest BCUT2D eigenvalue weighted by atomic mass is 16.5. The Labute approximate surface area is 186 Å². The first kappa shape index (κ1) is 18.9. The van der Waals surface area contributed by atoms with E-state index >= 15 is 0 Å². The zero-order valence-electron chi connectivity index (χ0n) is 18.6. The van der Waals surface area contributed by atoms with E-state index in [1.165, 1.54) is 5.56 Å². The van der Waals surface area contributed by atoms with E-state index in [1.54, 1.807) is 7.11 Å². The van der Waals surface area contributed by atoms with E-state index in [-0.39, 0.29) is 5.41 Å². The van der Waals surface area contributed by atoms with Crippen molar-refractivity contribution < 1.29 is 9.15 Å². The molecule has 6 aromatic rings. The third-order valence-corrected chi connectivity index (χ3v) is 6.32. The van der Waals surface area contributed by atoms with E-state index in [2.05, 4.69) is 73.9 Å². The molecule has 0 radical (unpaired) electrons. The van der Waals surface area contributed by atoms with Gasteiger partial charge in [0, 0.05) is 28.4 Å². The van der Waals surface area contributed by atoms with Gasteiger partial charge in [-0.3, -0.25) is 4.57 Å². The number of ether oxygens (including phenoxy) is 1. The molecule has 0 unspecified atom stereocenters. The summed E-state index contributed by atoms with van der Waals surface area (Å²) < 4.78 is 14.2. The maximum Gasteiger partial charge on any atom is 0.145 e. The molecule has 0 amide bonds. The van der Waals surface area contributed by atoms with E-state index in [1.807, 2.05) is 24.4 Å². The van der Waals surface area contributed by atoms with Crippen LogP contribution in [0.15, 0.2) is 77.3 Å². The molecule has 3 aromatic carbocycles.